The van der Waals surface area contributed by atoms with E-state index in [9.17, 15) is 4.79 Å². The molecule has 102 valence electrons. The number of carbonyl (C=O) groups excluding carboxylic acids is 1. The minimum absolute atomic E-state index is 0.188. The normalized spacial score (nSPS) is 12.2. The molecule has 0 atom stereocenters. The molecule has 0 unspecified atom stereocenters. The Kier molecular flexibility index (Phi) is 3.12. The topological polar surface area (TPSA) is 73.6 Å². The molecule has 0 saturated heterocycles. The Labute approximate surface area is 120 Å². The van der Waals surface area contributed by atoms with Crippen LogP contribution < -0.4 is 20.5 Å². The molecule has 0 bridgehead atoms. The summed E-state index contributed by atoms with van der Waals surface area (Å²) in [6.45, 7) is 0.188. The first-order valence-corrected chi connectivity index (χ1v) is 6.27. The Morgan fingerprint density at radius 1 is 1.15 bits per heavy atom. The predicted molar refractivity (Wildman–Crippen MR) is 76.4 cm³/mol. The van der Waals surface area contributed by atoms with Crippen LogP contribution in [0.1, 0.15) is 10.4 Å². The second-order valence-electron chi connectivity index (χ2n) is 4.25. The number of nitrogens with two attached hydrogens (primary N) is 1. The molecule has 0 radical (unpaired) electrons. The van der Waals surface area contributed by atoms with Crippen molar-refractivity contribution in [1.29, 1.82) is 0 Å². The number of nitrogen functional groups attached to an aromatic ring is 1. The van der Waals surface area contributed by atoms with Crippen molar-refractivity contribution in [1.82, 2.24) is 0 Å². The van der Waals surface area contributed by atoms with E-state index in [2.05, 4.69) is 5.32 Å². The van der Waals surface area contributed by atoms with Crippen molar-refractivity contribution < 1.29 is 14.3 Å². The monoisotopic (exact) mass is 290 g/mol. The highest BCUT2D eigenvalue weighted by atomic mass is 35.5. The Balaban J connectivity index is 1.84. The van der Waals surface area contributed by atoms with Crippen LogP contribution in [-0.4, -0.2) is 12.7 Å². The Hall–Kier alpha value is -2.40. The van der Waals surface area contributed by atoms with E-state index in [1.807, 2.05) is 0 Å². The molecule has 3 rings (SSSR count). The molecule has 0 spiro atoms. The third kappa shape index (κ3) is 2.35. The lowest BCUT2D eigenvalue weighted by Crippen LogP contribution is -2.14. The number of carbonyl (C=O) groups is 1. The van der Waals surface area contributed by atoms with Gasteiger partial charge in [-0.15, -0.1) is 0 Å². The Bertz CT molecular complexity index is 688. The lowest BCUT2D eigenvalue weighted by molar-refractivity contribution is 0.102. The molecular formula is C14H11ClN2O3. The Morgan fingerprint density at radius 2 is 1.95 bits per heavy atom. The summed E-state index contributed by atoms with van der Waals surface area (Å²) in [5.74, 6) is 0.927. The van der Waals surface area contributed by atoms with Gasteiger partial charge in [-0.05, 0) is 30.3 Å². The summed E-state index contributed by atoms with van der Waals surface area (Å²) < 4.78 is 10.5. The predicted octanol–water partition coefficient (Wildman–Crippen LogP) is 2.90. The van der Waals surface area contributed by atoms with E-state index >= 15 is 0 Å². The summed E-state index contributed by atoms with van der Waals surface area (Å²) in [6, 6.07) is 9.91. The number of hydrogen-bond donors (Lipinski definition) is 2. The van der Waals surface area contributed by atoms with E-state index in [0.29, 0.717) is 33.5 Å². The minimum Gasteiger partial charge on any atom is -0.454 e. The zero-order valence-electron chi connectivity index (χ0n) is 10.4. The van der Waals surface area contributed by atoms with Crippen molar-refractivity contribution in [3.8, 4) is 11.5 Å². The van der Waals surface area contributed by atoms with E-state index in [1.165, 1.54) is 6.07 Å². The van der Waals surface area contributed by atoms with Gasteiger partial charge in [0.15, 0.2) is 11.5 Å². The summed E-state index contributed by atoms with van der Waals surface area (Å²) in [7, 11) is 0. The molecule has 1 amide bonds. The van der Waals surface area contributed by atoms with E-state index in [4.69, 9.17) is 26.8 Å². The molecule has 0 aliphatic carbocycles. The molecule has 1 aliphatic rings. The highest BCUT2D eigenvalue weighted by Gasteiger charge is 2.15. The standard InChI is InChI=1S/C14H11ClN2O3/c15-8-1-3-11(16)10(5-8)14(18)17-9-2-4-12-13(6-9)20-7-19-12/h1-6H,7,16H2,(H,17,18). The van der Waals surface area contributed by atoms with Crippen LogP contribution in [0.4, 0.5) is 11.4 Å². The Morgan fingerprint density at radius 3 is 2.80 bits per heavy atom. The van der Waals surface area contributed by atoms with E-state index in [-0.39, 0.29) is 12.7 Å². The van der Waals surface area contributed by atoms with Gasteiger partial charge in [-0.2, -0.15) is 0 Å². The highest BCUT2D eigenvalue weighted by Crippen LogP contribution is 2.34. The first kappa shape index (κ1) is 12.6. The van der Waals surface area contributed by atoms with Crippen LogP contribution in [-0.2, 0) is 0 Å². The fourth-order valence-corrected chi connectivity index (χ4v) is 2.07. The van der Waals surface area contributed by atoms with Crippen molar-refractivity contribution >= 4 is 28.9 Å². The lowest BCUT2D eigenvalue weighted by Gasteiger charge is -2.08. The van der Waals surface area contributed by atoms with Crippen LogP contribution in [0.5, 0.6) is 11.5 Å². The first-order chi connectivity index (χ1) is 9.63. The maximum atomic E-state index is 12.2. The van der Waals surface area contributed by atoms with Crippen LogP contribution in [0, 0.1) is 0 Å². The average Bonchev–Trinajstić information content (AvgIpc) is 2.89. The van der Waals surface area contributed by atoms with E-state index < -0.39 is 0 Å². The zero-order chi connectivity index (χ0) is 14.1. The average molecular weight is 291 g/mol. The molecule has 2 aromatic carbocycles. The largest absolute Gasteiger partial charge is 0.454 e. The number of benzene rings is 2. The second kappa shape index (κ2) is 4.94. The molecule has 2 aromatic rings. The minimum atomic E-state index is -0.330. The maximum absolute atomic E-state index is 12.2. The fraction of sp³-hybridized carbons (Fsp3) is 0.0714. The molecule has 1 aliphatic heterocycles. The van der Waals surface area contributed by atoms with E-state index in [0.717, 1.165) is 0 Å². The maximum Gasteiger partial charge on any atom is 0.257 e. The van der Waals surface area contributed by atoms with Gasteiger partial charge in [-0.1, -0.05) is 11.6 Å². The third-order valence-corrected chi connectivity index (χ3v) is 3.13. The number of fused-ring (bicyclic) bond motifs is 1. The number of nitrogens with one attached hydrogen (secondary N) is 1. The van der Waals surface area contributed by atoms with Crippen molar-refractivity contribution in [2.24, 2.45) is 0 Å². The summed E-state index contributed by atoms with van der Waals surface area (Å²) in [5, 5.41) is 3.20. The summed E-state index contributed by atoms with van der Waals surface area (Å²) >= 11 is 5.87. The van der Waals surface area contributed by atoms with Gasteiger partial charge in [0.2, 0.25) is 6.79 Å². The number of halogens is 1. The molecule has 0 saturated carbocycles. The summed E-state index contributed by atoms with van der Waals surface area (Å²) in [5.41, 5.74) is 7.06. The van der Waals surface area contributed by atoms with Gasteiger partial charge in [0, 0.05) is 22.5 Å². The zero-order valence-corrected chi connectivity index (χ0v) is 11.1. The quantitative estimate of drug-likeness (QED) is 0.834. The molecule has 20 heavy (non-hydrogen) atoms. The summed E-state index contributed by atoms with van der Waals surface area (Å²) in [6.07, 6.45) is 0. The van der Waals surface area contributed by atoms with Crippen LogP contribution in [0.3, 0.4) is 0 Å². The van der Waals surface area contributed by atoms with Crippen LogP contribution in [0.2, 0.25) is 5.02 Å². The van der Waals surface area contributed by atoms with Crippen molar-refractivity contribution in [3.05, 3.63) is 47.0 Å². The molecule has 0 fully saturated rings. The molecule has 6 heteroatoms. The van der Waals surface area contributed by atoms with Gasteiger partial charge in [0.1, 0.15) is 0 Å². The SMILES string of the molecule is Nc1ccc(Cl)cc1C(=O)Nc1ccc2c(c1)OCO2. The number of hydrogen-bond acceptors (Lipinski definition) is 4. The lowest BCUT2D eigenvalue weighted by atomic mass is 10.1. The number of ether oxygens (including phenoxy) is 2. The van der Waals surface area contributed by atoms with Crippen LogP contribution in [0.15, 0.2) is 36.4 Å². The molecule has 3 N–H and O–H groups in total. The van der Waals surface area contributed by atoms with Crippen molar-refractivity contribution in [2.75, 3.05) is 17.8 Å². The fourth-order valence-electron chi connectivity index (χ4n) is 1.90. The van der Waals surface area contributed by atoms with Gasteiger partial charge in [0.25, 0.3) is 5.91 Å². The van der Waals surface area contributed by atoms with Crippen LogP contribution in [0.25, 0.3) is 0 Å². The second-order valence-corrected chi connectivity index (χ2v) is 4.69. The van der Waals surface area contributed by atoms with Crippen molar-refractivity contribution in [2.45, 2.75) is 0 Å². The van der Waals surface area contributed by atoms with Crippen LogP contribution >= 0.6 is 11.6 Å². The molecule has 5 nitrogen and oxygen atoms in total. The third-order valence-electron chi connectivity index (χ3n) is 2.89. The van der Waals surface area contributed by atoms with Gasteiger partial charge in [0.05, 0.1) is 5.56 Å². The highest BCUT2D eigenvalue weighted by molar-refractivity contribution is 6.31. The number of anilines is 2. The summed E-state index contributed by atoms with van der Waals surface area (Å²) in [4.78, 5) is 12.2. The van der Waals surface area contributed by atoms with E-state index in [1.54, 1.807) is 30.3 Å². The number of rotatable bonds is 2. The smallest absolute Gasteiger partial charge is 0.257 e. The molecule has 0 aromatic heterocycles. The van der Waals surface area contributed by atoms with Gasteiger partial charge >= 0.3 is 0 Å². The van der Waals surface area contributed by atoms with Crippen molar-refractivity contribution in [3.63, 3.8) is 0 Å². The van der Waals surface area contributed by atoms with Gasteiger partial charge < -0.3 is 20.5 Å². The molecular weight excluding hydrogens is 280 g/mol. The van der Waals surface area contributed by atoms with Gasteiger partial charge in [-0.3, -0.25) is 4.79 Å². The van der Waals surface area contributed by atoms with Gasteiger partial charge in [-0.25, -0.2) is 0 Å². The number of amides is 1. The molecule has 1 heterocycles. The first-order valence-electron chi connectivity index (χ1n) is 5.89.